The van der Waals surface area contributed by atoms with Gasteiger partial charge in [-0.1, -0.05) is 127 Å². The van der Waals surface area contributed by atoms with Crippen LogP contribution in [0.3, 0.4) is 0 Å². The van der Waals surface area contributed by atoms with Gasteiger partial charge in [0.15, 0.2) is 0 Å². The normalized spacial score (nSPS) is 14.7. The summed E-state index contributed by atoms with van der Waals surface area (Å²) in [5.41, 5.74) is 4.40. The van der Waals surface area contributed by atoms with E-state index in [1.165, 1.54) is 0 Å². The van der Waals surface area contributed by atoms with Crippen LogP contribution in [0.2, 0.25) is 0 Å². The molecule has 0 spiro atoms. The van der Waals surface area contributed by atoms with E-state index in [9.17, 15) is 6.85 Å². The Bertz CT molecular complexity index is 3790. The topological polar surface area (TPSA) is 29.5 Å². The Morgan fingerprint density at radius 2 is 1.13 bits per heavy atom. The molecule has 2 heterocycles. The van der Waals surface area contributed by atoms with E-state index in [1.54, 1.807) is 11.0 Å². The van der Waals surface area contributed by atoms with E-state index in [2.05, 4.69) is 0 Å². The van der Waals surface area contributed by atoms with Crippen molar-refractivity contribution in [2.45, 2.75) is 0 Å². The zero-order valence-electron chi connectivity index (χ0n) is 38.8. The first kappa shape index (κ1) is 20.7. The van der Waals surface area contributed by atoms with Gasteiger partial charge in [-0.3, -0.25) is 0 Å². The molecule has 0 radical (unpaired) electrons. The third kappa shape index (κ3) is 4.75. The number of fused-ring (bicyclic) bond motifs is 9. The lowest BCUT2D eigenvalue weighted by atomic mass is 9.98. The van der Waals surface area contributed by atoms with Gasteiger partial charge in [-0.2, -0.15) is 0 Å². The zero-order valence-corrected chi connectivity index (χ0v) is 27.8. The lowest BCUT2D eigenvalue weighted by Crippen LogP contribution is -2.10. The Morgan fingerprint density at radius 1 is 0.415 bits per heavy atom. The molecule has 0 atom stereocenters. The number of hydrogen-bond acceptors (Lipinski definition) is 3. The summed E-state index contributed by atoms with van der Waals surface area (Å²) < 4.78 is 112. The van der Waals surface area contributed by atoms with Crippen molar-refractivity contribution in [2.75, 3.05) is 4.90 Å². The molecular weight excluding hydrogens is 647 g/mol. The lowest BCUT2D eigenvalue weighted by Gasteiger charge is -2.26. The molecule has 0 bridgehead atoms. The molecule has 2 aromatic heterocycles. The van der Waals surface area contributed by atoms with E-state index in [-0.39, 0.29) is 16.5 Å². The van der Waals surface area contributed by atoms with Gasteiger partial charge < -0.3 is 13.7 Å². The molecule has 0 aliphatic carbocycles. The van der Waals surface area contributed by atoms with Gasteiger partial charge in [0, 0.05) is 32.9 Å². The summed E-state index contributed by atoms with van der Waals surface area (Å²) in [5, 5.41) is 4.50. The van der Waals surface area contributed by atoms with Gasteiger partial charge in [0.1, 0.15) is 22.3 Å². The lowest BCUT2D eigenvalue weighted by molar-refractivity contribution is 0.669. The molecule has 0 saturated carbocycles. The second-order valence-corrected chi connectivity index (χ2v) is 12.8. The molecule has 11 aromatic rings. The molecule has 0 aliphatic rings. The molecule has 3 nitrogen and oxygen atoms in total. The molecule has 0 N–H and O–H groups in total. The van der Waals surface area contributed by atoms with Crippen LogP contribution in [0, 0.1) is 0 Å². The van der Waals surface area contributed by atoms with Gasteiger partial charge >= 0.3 is 0 Å². The SMILES string of the molecule is [2H]c1c([2H])c(N(c2ccc(-c3cccc4oc5ccccc5c34)cc2)c2cccc3oc4c5ccccc5ccc4c23)c([2H])c([2H])c1-c1c([2H])c([2H])c2c([2H])c([2H])c([2H])c([2H])c2c1[2H]. The number of hydrogen-bond donors (Lipinski definition) is 0. The molecular formula is C50H31NO2. The number of benzene rings is 9. The van der Waals surface area contributed by atoms with Gasteiger partial charge in [0.25, 0.3) is 0 Å². The maximum atomic E-state index is 9.66. The minimum absolute atomic E-state index is 0.135. The van der Waals surface area contributed by atoms with Crippen molar-refractivity contribution in [3.05, 3.63) is 188 Å². The smallest absolute Gasteiger partial charge is 0.143 e. The largest absolute Gasteiger partial charge is 0.456 e. The molecule has 0 saturated heterocycles. The highest BCUT2D eigenvalue weighted by molar-refractivity contribution is 6.19. The fourth-order valence-corrected chi connectivity index (χ4v) is 7.36. The second-order valence-electron chi connectivity index (χ2n) is 12.8. The molecule has 3 heteroatoms. The first-order valence-corrected chi connectivity index (χ1v) is 17.1. The van der Waals surface area contributed by atoms with Crippen LogP contribution in [0.25, 0.3) is 87.7 Å². The maximum Gasteiger partial charge on any atom is 0.143 e. The quantitative estimate of drug-likeness (QED) is 0.180. The Hall–Kier alpha value is -7.10. The molecule has 9 aromatic carbocycles. The van der Waals surface area contributed by atoms with Crippen LogP contribution in [-0.2, 0) is 0 Å². The Kier molecular flexibility index (Phi) is 4.57. The van der Waals surface area contributed by atoms with E-state index in [0.717, 1.165) is 49.2 Å². The average molecular weight is 689 g/mol. The minimum atomic E-state index is -0.661. The van der Waals surface area contributed by atoms with Crippen molar-refractivity contribution < 1.29 is 23.9 Å². The van der Waals surface area contributed by atoms with Crippen LogP contribution in [0.15, 0.2) is 197 Å². The van der Waals surface area contributed by atoms with Crippen molar-refractivity contribution >= 4 is 82.5 Å². The maximum absolute atomic E-state index is 9.66. The van der Waals surface area contributed by atoms with Crippen molar-refractivity contribution in [3.63, 3.8) is 0 Å². The van der Waals surface area contributed by atoms with Gasteiger partial charge in [-0.25, -0.2) is 0 Å². The molecule has 0 aliphatic heterocycles. The highest BCUT2D eigenvalue weighted by atomic mass is 16.3. The zero-order chi connectivity index (χ0) is 44.5. The van der Waals surface area contributed by atoms with Crippen LogP contribution in [-0.4, -0.2) is 0 Å². The number of anilines is 3. The molecule has 0 fully saturated rings. The van der Waals surface area contributed by atoms with Crippen molar-refractivity contribution in [2.24, 2.45) is 0 Å². The monoisotopic (exact) mass is 688 g/mol. The van der Waals surface area contributed by atoms with Crippen molar-refractivity contribution in [1.29, 1.82) is 0 Å². The number of para-hydroxylation sites is 1. The van der Waals surface area contributed by atoms with Gasteiger partial charge in [0.05, 0.1) is 26.2 Å². The molecule has 11 rings (SSSR count). The Morgan fingerprint density at radius 3 is 2.00 bits per heavy atom. The highest BCUT2D eigenvalue weighted by Crippen LogP contribution is 2.45. The van der Waals surface area contributed by atoms with Crippen LogP contribution < -0.4 is 4.90 Å². The number of rotatable bonds is 5. The summed E-state index contributed by atoms with van der Waals surface area (Å²) in [6.07, 6.45) is 0. The summed E-state index contributed by atoms with van der Waals surface area (Å²) in [5.74, 6) is 0. The summed E-state index contributed by atoms with van der Waals surface area (Å²) in [6, 6.07) is 31.9. The third-order valence-electron chi connectivity index (χ3n) is 9.78. The second kappa shape index (κ2) is 11.7. The van der Waals surface area contributed by atoms with E-state index in [4.69, 9.17) is 17.1 Å². The standard InChI is InChI=1S/C50H31NO2/c1-2-11-36-31-37(20-19-32(36)9-1)33-21-26-38(27-22-33)51(44-15-8-18-47-49(44)43-30-25-34-10-3-4-12-41(34)50(43)53-47)39-28-23-35(24-29-39)40-14-7-17-46-48(40)42-13-5-6-16-45(42)52-46/h1-31H/i1D,2D,9D,11D,19D,20D,21D,22D,26D,27D,31D. The summed E-state index contributed by atoms with van der Waals surface area (Å²) in [4.78, 5) is 1.66. The highest BCUT2D eigenvalue weighted by Gasteiger charge is 2.21. The fourth-order valence-electron chi connectivity index (χ4n) is 7.36. The van der Waals surface area contributed by atoms with Crippen LogP contribution in [0.5, 0.6) is 0 Å². The van der Waals surface area contributed by atoms with Crippen LogP contribution >= 0.6 is 0 Å². The third-order valence-corrected chi connectivity index (χ3v) is 9.78. The fraction of sp³-hybridized carbons (Fsp3) is 0. The molecule has 0 unspecified atom stereocenters. The van der Waals surface area contributed by atoms with Crippen LogP contribution in [0.1, 0.15) is 15.1 Å². The number of furan rings is 2. The first-order valence-electron chi connectivity index (χ1n) is 22.6. The van der Waals surface area contributed by atoms with Crippen LogP contribution in [0.4, 0.5) is 17.1 Å². The molecule has 53 heavy (non-hydrogen) atoms. The van der Waals surface area contributed by atoms with E-state index in [1.807, 2.05) is 115 Å². The van der Waals surface area contributed by atoms with Gasteiger partial charge in [0.2, 0.25) is 0 Å². The Labute approximate surface area is 321 Å². The van der Waals surface area contributed by atoms with E-state index < -0.39 is 77.6 Å². The molecule has 248 valence electrons. The van der Waals surface area contributed by atoms with Gasteiger partial charge in [-0.05, 0) is 99.0 Å². The Balaban J connectivity index is 1.18. The predicted octanol–water partition coefficient (Wildman–Crippen LogP) is 14.6. The minimum Gasteiger partial charge on any atom is -0.456 e. The average Bonchev–Trinajstić information content (AvgIpc) is 3.90. The summed E-state index contributed by atoms with van der Waals surface area (Å²) in [6.45, 7) is 0. The van der Waals surface area contributed by atoms with E-state index in [0.29, 0.717) is 27.9 Å². The predicted molar refractivity (Wildman–Crippen MR) is 222 cm³/mol. The van der Waals surface area contributed by atoms with Crippen molar-refractivity contribution in [1.82, 2.24) is 0 Å². The summed E-state index contributed by atoms with van der Waals surface area (Å²) in [7, 11) is 0. The number of nitrogens with zero attached hydrogens (tertiary/aromatic N) is 1. The first-order chi connectivity index (χ1) is 30.9. The summed E-state index contributed by atoms with van der Waals surface area (Å²) >= 11 is 0. The van der Waals surface area contributed by atoms with E-state index >= 15 is 0 Å². The van der Waals surface area contributed by atoms with Crippen molar-refractivity contribution in [3.8, 4) is 22.3 Å². The van der Waals surface area contributed by atoms with Gasteiger partial charge in [-0.15, -0.1) is 0 Å². The molecule has 0 amide bonds.